The summed E-state index contributed by atoms with van der Waals surface area (Å²) < 4.78 is 5.15. The molecular weight excluding hydrogens is 204 g/mol. The number of carbonyl (C=O) groups is 1. The van der Waals surface area contributed by atoms with Crippen LogP contribution in [-0.4, -0.2) is 24.9 Å². The smallest absolute Gasteiger partial charge is 0.296 e. The first kappa shape index (κ1) is 9.03. The van der Waals surface area contributed by atoms with Crippen LogP contribution in [-0.2, 0) is 4.79 Å². The summed E-state index contributed by atoms with van der Waals surface area (Å²) in [5, 5.41) is 0. The van der Waals surface area contributed by atoms with E-state index in [0.717, 1.165) is 22.6 Å². The van der Waals surface area contributed by atoms with Crippen LogP contribution in [0.2, 0.25) is 0 Å². The van der Waals surface area contributed by atoms with Crippen molar-refractivity contribution in [1.82, 2.24) is 0 Å². The normalized spacial score (nSPS) is 16.4. The predicted molar refractivity (Wildman–Crippen MR) is 61.6 cm³/mol. The molecule has 2 aliphatic heterocycles. The molecule has 0 aromatic heterocycles. The van der Waals surface area contributed by atoms with Gasteiger partial charge in [0.15, 0.2) is 0 Å². The zero-order chi connectivity index (χ0) is 11.1. The maximum Gasteiger partial charge on any atom is 0.296 e. The fraction of sp³-hybridized carbons (Fsp3) is 0.0833. The third-order valence-electron chi connectivity index (χ3n) is 2.62. The molecule has 2 aliphatic rings. The molecule has 0 unspecified atom stereocenters. The lowest BCUT2D eigenvalue weighted by Crippen LogP contribution is -2.13. The predicted octanol–water partition coefficient (Wildman–Crippen LogP) is 1.78. The van der Waals surface area contributed by atoms with Crippen LogP contribution in [0.15, 0.2) is 34.3 Å². The molecule has 1 amide bonds. The average molecular weight is 212 g/mol. The summed E-state index contributed by atoms with van der Waals surface area (Å²) >= 11 is 0. The fourth-order valence-corrected chi connectivity index (χ4v) is 1.84. The van der Waals surface area contributed by atoms with E-state index in [2.05, 4.69) is 9.98 Å². The zero-order valence-electron chi connectivity index (χ0n) is 8.60. The topological polar surface area (TPSA) is 51.0 Å². The van der Waals surface area contributed by atoms with Crippen LogP contribution in [0.1, 0.15) is 5.56 Å². The molecule has 0 bridgehead atoms. The van der Waals surface area contributed by atoms with Crippen LogP contribution in [0.4, 0.5) is 5.69 Å². The summed E-state index contributed by atoms with van der Waals surface area (Å²) in [5.74, 6) is 0.471. The molecule has 3 rings (SSSR count). The quantitative estimate of drug-likeness (QED) is 0.712. The summed E-state index contributed by atoms with van der Waals surface area (Å²) in [6.45, 7) is 0. The van der Waals surface area contributed by atoms with Crippen molar-refractivity contribution in [2.45, 2.75) is 0 Å². The summed E-state index contributed by atoms with van der Waals surface area (Å²) in [7, 11) is 1.61. The van der Waals surface area contributed by atoms with E-state index < -0.39 is 0 Å². The van der Waals surface area contributed by atoms with E-state index in [1.807, 2.05) is 18.2 Å². The van der Waals surface area contributed by atoms with Gasteiger partial charge in [-0.3, -0.25) is 4.79 Å². The maximum absolute atomic E-state index is 11.5. The number of hydrogen-bond acceptors (Lipinski definition) is 3. The number of nitrogens with zero attached hydrogens (tertiary/aromatic N) is 2. The molecule has 0 radical (unpaired) electrons. The number of carbonyl (C=O) groups excluding carboxylic acids is 1. The number of allylic oxidation sites excluding steroid dienone is 1. The van der Waals surface area contributed by atoms with Crippen molar-refractivity contribution >= 4 is 29.1 Å². The van der Waals surface area contributed by atoms with Crippen molar-refractivity contribution < 1.29 is 9.53 Å². The van der Waals surface area contributed by atoms with E-state index in [0.29, 0.717) is 5.71 Å². The fourth-order valence-electron chi connectivity index (χ4n) is 1.84. The molecule has 4 nitrogen and oxygen atoms in total. The van der Waals surface area contributed by atoms with Crippen molar-refractivity contribution in [1.29, 1.82) is 0 Å². The second-order valence-electron chi connectivity index (χ2n) is 3.51. The first-order valence-corrected chi connectivity index (χ1v) is 4.86. The Hall–Kier alpha value is -2.23. The zero-order valence-corrected chi connectivity index (χ0v) is 8.60. The number of methoxy groups -OCH3 is 1. The van der Waals surface area contributed by atoms with Gasteiger partial charge in [0.05, 0.1) is 12.8 Å². The van der Waals surface area contributed by atoms with Gasteiger partial charge in [0.2, 0.25) is 0 Å². The van der Waals surface area contributed by atoms with E-state index >= 15 is 0 Å². The van der Waals surface area contributed by atoms with Gasteiger partial charge >= 0.3 is 0 Å². The van der Waals surface area contributed by atoms with E-state index in [9.17, 15) is 4.79 Å². The molecule has 0 saturated heterocycles. The Balaban J connectivity index is 2.20. The number of amides is 1. The van der Waals surface area contributed by atoms with Crippen LogP contribution in [0.3, 0.4) is 0 Å². The van der Waals surface area contributed by atoms with Gasteiger partial charge in [-0.05, 0) is 24.3 Å². The van der Waals surface area contributed by atoms with Crippen molar-refractivity contribution in [3.05, 3.63) is 29.8 Å². The molecule has 78 valence electrons. The molecule has 0 atom stereocenters. The second-order valence-corrected chi connectivity index (χ2v) is 3.51. The lowest BCUT2D eigenvalue weighted by molar-refractivity contribution is -0.111. The summed E-state index contributed by atoms with van der Waals surface area (Å²) in [4.78, 5) is 19.5. The van der Waals surface area contributed by atoms with Gasteiger partial charge in [-0.2, -0.15) is 0 Å². The molecule has 16 heavy (non-hydrogen) atoms. The Morgan fingerprint density at radius 3 is 3.00 bits per heavy atom. The average Bonchev–Trinajstić information content (AvgIpc) is 2.68. The maximum atomic E-state index is 11.5. The Kier molecular flexibility index (Phi) is 1.77. The van der Waals surface area contributed by atoms with E-state index in [1.54, 1.807) is 13.2 Å². The Bertz CT molecular complexity index is 583. The number of aliphatic imine (C=N–C) groups is 2. The second kappa shape index (κ2) is 3.13. The molecule has 4 heteroatoms. The van der Waals surface area contributed by atoms with Crippen molar-refractivity contribution in [2.24, 2.45) is 9.98 Å². The number of benzene rings is 1. The van der Waals surface area contributed by atoms with Gasteiger partial charge in [0.1, 0.15) is 11.5 Å². The van der Waals surface area contributed by atoms with E-state index in [-0.39, 0.29) is 5.91 Å². The van der Waals surface area contributed by atoms with E-state index in [1.165, 1.54) is 6.21 Å². The van der Waals surface area contributed by atoms with Crippen LogP contribution >= 0.6 is 0 Å². The SMILES string of the molecule is COc1ccc2c(c1)C1=CC=NC(=O)C1=N2. The number of dihydropyridines is 1. The minimum Gasteiger partial charge on any atom is -0.497 e. The standard InChI is InChI=1S/C12H8N2O2/c1-16-7-2-3-10-9(6-7)8-4-5-13-12(15)11(8)14-10/h2-6H,1H3. The van der Waals surface area contributed by atoms with Crippen LogP contribution < -0.4 is 4.74 Å². The Morgan fingerprint density at radius 1 is 1.31 bits per heavy atom. The summed E-state index contributed by atoms with van der Waals surface area (Å²) in [5.41, 5.74) is 2.97. The monoisotopic (exact) mass is 212 g/mol. The summed E-state index contributed by atoms with van der Waals surface area (Å²) in [6, 6.07) is 5.55. The van der Waals surface area contributed by atoms with Gasteiger partial charge < -0.3 is 4.74 Å². The largest absolute Gasteiger partial charge is 0.497 e. The first-order chi connectivity index (χ1) is 7.79. The summed E-state index contributed by atoms with van der Waals surface area (Å²) in [6.07, 6.45) is 3.30. The molecule has 1 aromatic carbocycles. The van der Waals surface area contributed by atoms with E-state index in [4.69, 9.17) is 4.74 Å². The molecule has 2 heterocycles. The number of hydrogen-bond donors (Lipinski definition) is 0. The molecule has 0 spiro atoms. The van der Waals surface area contributed by atoms with Crippen molar-refractivity contribution in [3.63, 3.8) is 0 Å². The van der Waals surface area contributed by atoms with Crippen LogP contribution in [0, 0.1) is 0 Å². The van der Waals surface area contributed by atoms with Gasteiger partial charge in [0, 0.05) is 17.4 Å². The van der Waals surface area contributed by atoms with Gasteiger partial charge in [-0.25, -0.2) is 9.98 Å². The molecule has 1 aromatic rings. The highest BCUT2D eigenvalue weighted by molar-refractivity contribution is 6.60. The third kappa shape index (κ3) is 1.13. The molecular formula is C12H8N2O2. The lowest BCUT2D eigenvalue weighted by Gasteiger charge is -2.05. The van der Waals surface area contributed by atoms with Gasteiger partial charge in [-0.15, -0.1) is 0 Å². The molecule has 0 N–H and O–H groups in total. The van der Waals surface area contributed by atoms with Gasteiger partial charge in [0.25, 0.3) is 5.91 Å². The van der Waals surface area contributed by atoms with Crippen molar-refractivity contribution in [2.75, 3.05) is 7.11 Å². The highest BCUT2D eigenvalue weighted by Gasteiger charge is 2.27. The number of rotatable bonds is 1. The number of ether oxygens (including phenoxy) is 1. The highest BCUT2D eigenvalue weighted by Crippen LogP contribution is 2.37. The Morgan fingerprint density at radius 2 is 2.19 bits per heavy atom. The molecule has 0 saturated carbocycles. The minimum absolute atomic E-state index is 0.285. The first-order valence-electron chi connectivity index (χ1n) is 4.86. The third-order valence-corrected chi connectivity index (χ3v) is 2.62. The van der Waals surface area contributed by atoms with Gasteiger partial charge in [-0.1, -0.05) is 0 Å². The van der Waals surface area contributed by atoms with Crippen LogP contribution in [0.5, 0.6) is 5.75 Å². The molecule has 0 fully saturated rings. The lowest BCUT2D eigenvalue weighted by atomic mass is 10.0. The Labute approximate surface area is 92.0 Å². The van der Waals surface area contributed by atoms with Crippen LogP contribution in [0.25, 0.3) is 5.57 Å². The minimum atomic E-state index is -0.285. The molecule has 0 aliphatic carbocycles. The van der Waals surface area contributed by atoms with Crippen molar-refractivity contribution in [3.8, 4) is 5.75 Å². The highest BCUT2D eigenvalue weighted by atomic mass is 16.5. The number of fused-ring (bicyclic) bond motifs is 3.